The lowest BCUT2D eigenvalue weighted by Gasteiger charge is -2.25. The van der Waals surface area contributed by atoms with Crippen molar-refractivity contribution >= 4 is 5.91 Å². The second-order valence-electron chi connectivity index (χ2n) is 4.86. The van der Waals surface area contributed by atoms with Gasteiger partial charge in [0.2, 0.25) is 5.91 Å². The van der Waals surface area contributed by atoms with Crippen molar-refractivity contribution in [2.45, 2.75) is 31.7 Å². The molecule has 3 N–H and O–H groups in total. The molecule has 0 fully saturated rings. The quantitative estimate of drug-likeness (QED) is 0.718. The Balaban J connectivity index is 2.33. The maximum atomic E-state index is 12.9. The second-order valence-corrected chi connectivity index (χ2v) is 4.86. The van der Waals surface area contributed by atoms with E-state index in [-0.39, 0.29) is 5.75 Å². The third-order valence-electron chi connectivity index (χ3n) is 3.27. The summed E-state index contributed by atoms with van der Waals surface area (Å²) in [6.45, 7) is 2.06. The number of ether oxygens (including phenoxy) is 1. The predicted molar refractivity (Wildman–Crippen MR) is 72.4 cm³/mol. The van der Waals surface area contributed by atoms with E-state index < -0.39 is 23.1 Å². The molecule has 0 saturated carbocycles. The molecule has 1 amide bonds. The molecule has 0 heterocycles. The minimum absolute atomic E-state index is 0.161. The van der Waals surface area contributed by atoms with E-state index >= 15 is 0 Å². The second kappa shape index (κ2) is 7.19. The Morgan fingerprint density at radius 2 is 1.90 bits per heavy atom. The number of primary amides is 1. The highest BCUT2D eigenvalue weighted by atomic mass is 19.1. The number of likely N-dealkylation sites (N-methyl/N-ethyl adjacent to an activating group) is 1. The van der Waals surface area contributed by atoms with E-state index in [0.29, 0.717) is 25.9 Å². The Labute approximate surface area is 117 Å². The third kappa shape index (κ3) is 4.77. The Hall–Kier alpha value is -1.69. The van der Waals surface area contributed by atoms with Crippen molar-refractivity contribution in [1.82, 2.24) is 5.32 Å². The van der Waals surface area contributed by atoms with Crippen LogP contribution in [0.1, 0.15) is 26.2 Å². The summed E-state index contributed by atoms with van der Waals surface area (Å²) in [5.74, 6) is -1.59. The first-order chi connectivity index (χ1) is 9.37. The molecule has 4 nitrogen and oxygen atoms in total. The molecule has 112 valence electrons. The Bertz CT molecular complexity index is 448. The van der Waals surface area contributed by atoms with Crippen molar-refractivity contribution in [2.75, 3.05) is 13.7 Å². The van der Waals surface area contributed by atoms with E-state index in [0.717, 1.165) is 18.2 Å². The van der Waals surface area contributed by atoms with Crippen LogP contribution in [-0.2, 0) is 4.79 Å². The monoisotopic (exact) mass is 286 g/mol. The fraction of sp³-hybridized carbons (Fsp3) is 0.500. The van der Waals surface area contributed by atoms with Gasteiger partial charge in [0.25, 0.3) is 0 Å². The number of carbonyl (C=O) groups excluding carboxylic acids is 1. The molecular formula is C14H20F2N2O2. The summed E-state index contributed by atoms with van der Waals surface area (Å²) >= 11 is 0. The van der Waals surface area contributed by atoms with Crippen molar-refractivity contribution < 1.29 is 18.3 Å². The number of amides is 1. The highest BCUT2D eigenvalue weighted by molar-refractivity contribution is 5.84. The summed E-state index contributed by atoms with van der Waals surface area (Å²) in [7, 11) is 1.68. The van der Waals surface area contributed by atoms with Crippen LogP contribution in [0.15, 0.2) is 18.2 Å². The molecule has 0 radical (unpaired) electrons. The van der Waals surface area contributed by atoms with E-state index in [2.05, 4.69) is 5.32 Å². The number of carbonyl (C=O) groups is 1. The number of benzene rings is 1. The Kier molecular flexibility index (Phi) is 5.88. The van der Waals surface area contributed by atoms with Crippen LogP contribution in [-0.4, -0.2) is 25.1 Å². The molecule has 20 heavy (non-hydrogen) atoms. The van der Waals surface area contributed by atoms with E-state index in [1.54, 1.807) is 14.0 Å². The van der Waals surface area contributed by atoms with Crippen LogP contribution in [0.25, 0.3) is 0 Å². The minimum atomic E-state index is -0.745. The number of unbranched alkanes of at least 4 members (excludes halogenated alkanes) is 1. The predicted octanol–water partition coefficient (Wildman–Crippen LogP) is 1.98. The maximum absolute atomic E-state index is 12.9. The van der Waals surface area contributed by atoms with Gasteiger partial charge in [-0.3, -0.25) is 4.79 Å². The van der Waals surface area contributed by atoms with Crippen LogP contribution in [0.4, 0.5) is 8.78 Å². The lowest BCUT2D eigenvalue weighted by Crippen LogP contribution is -2.51. The normalized spacial score (nSPS) is 13.8. The highest BCUT2D eigenvalue weighted by Crippen LogP contribution is 2.17. The fourth-order valence-electron chi connectivity index (χ4n) is 1.75. The zero-order valence-electron chi connectivity index (χ0n) is 11.7. The molecule has 0 aliphatic carbocycles. The minimum Gasteiger partial charge on any atom is -0.493 e. The topological polar surface area (TPSA) is 64.3 Å². The van der Waals surface area contributed by atoms with Crippen molar-refractivity contribution in [1.29, 1.82) is 0 Å². The fourth-order valence-corrected chi connectivity index (χ4v) is 1.75. The van der Waals surface area contributed by atoms with Crippen LogP contribution in [0.3, 0.4) is 0 Å². The van der Waals surface area contributed by atoms with E-state index in [1.165, 1.54) is 0 Å². The molecule has 1 unspecified atom stereocenters. The number of halogens is 2. The first kappa shape index (κ1) is 16.4. The summed E-state index contributed by atoms with van der Waals surface area (Å²) in [5, 5.41) is 2.89. The van der Waals surface area contributed by atoms with E-state index in [1.807, 2.05) is 0 Å². The molecule has 0 aliphatic rings. The van der Waals surface area contributed by atoms with Gasteiger partial charge in [-0.15, -0.1) is 0 Å². The first-order valence-electron chi connectivity index (χ1n) is 6.45. The summed E-state index contributed by atoms with van der Waals surface area (Å²) in [6.07, 6.45) is 1.93. The van der Waals surface area contributed by atoms with Crippen molar-refractivity contribution in [3.63, 3.8) is 0 Å². The molecular weight excluding hydrogens is 266 g/mol. The van der Waals surface area contributed by atoms with Gasteiger partial charge in [-0.1, -0.05) is 0 Å². The summed E-state index contributed by atoms with van der Waals surface area (Å²) in [6, 6.07) is 3.05. The number of hydrogen-bond acceptors (Lipinski definition) is 3. The Morgan fingerprint density at radius 3 is 2.40 bits per heavy atom. The zero-order valence-corrected chi connectivity index (χ0v) is 11.7. The van der Waals surface area contributed by atoms with Gasteiger partial charge in [0, 0.05) is 18.2 Å². The van der Waals surface area contributed by atoms with E-state index in [4.69, 9.17) is 10.5 Å². The summed E-state index contributed by atoms with van der Waals surface area (Å²) in [5.41, 5.74) is 4.56. The molecule has 1 rings (SSSR count). The number of hydrogen-bond donors (Lipinski definition) is 2. The van der Waals surface area contributed by atoms with Gasteiger partial charge in [-0.05, 0) is 33.2 Å². The van der Waals surface area contributed by atoms with Gasteiger partial charge in [-0.25, -0.2) is 8.78 Å². The molecule has 1 atom stereocenters. The van der Waals surface area contributed by atoms with Crippen LogP contribution >= 0.6 is 0 Å². The van der Waals surface area contributed by atoms with Crippen LogP contribution in [0, 0.1) is 11.6 Å². The SMILES string of the molecule is CNC(C)(CCCCOc1cc(F)cc(F)c1)C(N)=O. The van der Waals surface area contributed by atoms with Crippen LogP contribution in [0.2, 0.25) is 0 Å². The van der Waals surface area contributed by atoms with Gasteiger partial charge >= 0.3 is 0 Å². The molecule has 0 bridgehead atoms. The van der Waals surface area contributed by atoms with Gasteiger partial charge < -0.3 is 15.8 Å². The first-order valence-corrected chi connectivity index (χ1v) is 6.45. The molecule has 0 saturated heterocycles. The van der Waals surface area contributed by atoms with Gasteiger partial charge in [0.1, 0.15) is 17.4 Å². The van der Waals surface area contributed by atoms with Gasteiger partial charge in [-0.2, -0.15) is 0 Å². The number of nitrogens with two attached hydrogens (primary N) is 1. The lowest BCUT2D eigenvalue weighted by molar-refractivity contribution is -0.123. The Morgan fingerprint density at radius 1 is 1.30 bits per heavy atom. The molecule has 0 spiro atoms. The summed E-state index contributed by atoms with van der Waals surface area (Å²) in [4.78, 5) is 11.3. The van der Waals surface area contributed by atoms with E-state index in [9.17, 15) is 13.6 Å². The molecule has 0 aliphatic heterocycles. The smallest absolute Gasteiger partial charge is 0.237 e. The highest BCUT2D eigenvalue weighted by Gasteiger charge is 2.27. The molecule has 1 aromatic carbocycles. The average Bonchev–Trinajstić information content (AvgIpc) is 2.36. The van der Waals surface area contributed by atoms with Crippen molar-refractivity contribution in [3.05, 3.63) is 29.8 Å². The van der Waals surface area contributed by atoms with Gasteiger partial charge in [0.05, 0.1) is 12.1 Å². The standard InChI is InChI=1S/C14H20F2N2O2/c1-14(18-2,13(17)19)5-3-4-6-20-12-8-10(15)7-11(16)9-12/h7-9,18H,3-6H2,1-2H3,(H2,17,19). The lowest BCUT2D eigenvalue weighted by atomic mass is 9.94. The molecule has 1 aromatic rings. The average molecular weight is 286 g/mol. The van der Waals surface area contributed by atoms with Crippen LogP contribution in [0.5, 0.6) is 5.75 Å². The number of rotatable bonds is 8. The zero-order chi connectivity index (χ0) is 15.2. The largest absolute Gasteiger partial charge is 0.493 e. The van der Waals surface area contributed by atoms with Crippen molar-refractivity contribution in [3.8, 4) is 5.75 Å². The van der Waals surface area contributed by atoms with Gasteiger partial charge in [0.15, 0.2) is 0 Å². The van der Waals surface area contributed by atoms with Crippen LogP contribution < -0.4 is 15.8 Å². The third-order valence-corrected chi connectivity index (χ3v) is 3.27. The number of nitrogens with one attached hydrogen (secondary N) is 1. The summed E-state index contributed by atoms with van der Waals surface area (Å²) < 4.78 is 31.1. The molecule has 6 heteroatoms. The molecule has 0 aromatic heterocycles. The maximum Gasteiger partial charge on any atom is 0.237 e. The van der Waals surface area contributed by atoms with Crippen molar-refractivity contribution in [2.24, 2.45) is 5.73 Å².